The van der Waals surface area contributed by atoms with E-state index in [1.165, 1.54) is 0 Å². The van der Waals surface area contributed by atoms with Crippen molar-refractivity contribution in [2.24, 2.45) is 0 Å². The predicted molar refractivity (Wildman–Crippen MR) is 84.2 cm³/mol. The number of benzene rings is 2. The molecule has 0 saturated heterocycles. The van der Waals surface area contributed by atoms with Gasteiger partial charge in [-0.1, -0.05) is 50.2 Å². The maximum atomic E-state index is 12.9. The summed E-state index contributed by atoms with van der Waals surface area (Å²) in [5, 5.41) is 2.16. The van der Waals surface area contributed by atoms with Gasteiger partial charge in [0.15, 0.2) is 5.78 Å². The summed E-state index contributed by atoms with van der Waals surface area (Å²) < 4.78 is 6.33. The van der Waals surface area contributed by atoms with E-state index in [-0.39, 0.29) is 11.4 Å². The summed E-state index contributed by atoms with van der Waals surface area (Å²) in [6.07, 6.45) is 2.59. The van der Waals surface area contributed by atoms with E-state index < -0.39 is 0 Å². The minimum absolute atomic E-state index is 0.151. The van der Waals surface area contributed by atoms with Crippen LogP contribution in [0.3, 0.4) is 0 Å². The van der Waals surface area contributed by atoms with Crippen LogP contribution in [0.2, 0.25) is 0 Å². The van der Waals surface area contributed by atoms with Crippen LogP contribution in [0.4, 0.5) is 0 Å². The second kappa shape index (κ2) is 4.20. The highest BCUT2D eigenvalue weighted by molar-refractivity contribution is 6.24. The molecule has 0 atom stereocenters. The fourth-order valence-corrected chi connectivity index (χ4v) is 3.64. The smallest absolute Gasteiger partial charge is 0.193 e. The van der Waals surface area contributed by atoms with Gasteiger partial charge >= 0.3 is 0 Å². The molecular weight excluding hydrogens is 260 g/mol. The van der Waals surface area contributed by atoms with Crippen LogP contribution in [0.5, 0.6) is 0 Å². The average molecular weight is 278 g/mol. The van der Waals surface area contributed by atoms with Gasteiger partial charge in [-0.25, -0.2) is 0 Å². The first kappa shape index (κ1) is 12.6. The van der Waals surface area contributed by atoms with Crippen LogP contribution >= 0.6 is 0 Å². The molecule has 0 aromatic heterocycles. The Balaban J connectivity index is 1.98. The molecule has 0 unspecified atom stereocenters. The van der Waals surface area contributed by atoms with E-state index in [0.717, 1.165) is 52.5 Å². The van der Waals surface area contributed by atoms with Crippen molar-refractivity contribution in [2.45, 2.75) is 38.7 Å². The number of ether oxygens (including phenoxy) is 1. The Labute approximate surface area is 124 Å². The summed E-state index contributed by atoms with van der Waals surface area (Å²) in [7, 11) is 0. The molecule has 0 fully saturated rings. The fourth-order valence-electron chi connectivity index (χ4n) is 3.64. The molecule has 1 aliphatic heterocycles. The van der Waals surface area contributed by atoms with Gasteiger partial charge in [-0.3, -0.25) is 4.79 Å². The third-order valence-corrected chi connectivity index (χ3v) is 5.05. The first-order chi connectivity index (χ1) is 10.2. The Bertz CT molecular complexity index is 789. The highest BCUT2D eigenvalue weighted by Crippen LogP contribution is 2.48. The number of hydrogen-bond acceptors (Lipinski definition) is 2. The maximum absolute atomic E-state index is 12.9. The largest absolute Gasteiger partial charge is 0.486 e. The van der Waals surface area contributed by atoms with Crippen molar-refractivity contribution in [1.82, 2.24) is 0 Å². The lowest BCUT2D eigenvalue weighted by atomic mass is 9.83. The molecule has 2 aliphatic rings. The lowest BCUT2D eigenvalue weighted by Crippen LogP contribution is -2.26. The summed E-state index contributed by atoms with van der Waals surface area (Å²) in [4.78, 5) is 12.9. The first-order valence-corrected chi connectivity index (χ1v) is 7.68. The third kappa shape index (κ3) is 1.56. The fraction of sp³-hybridized carbons (Fsp3) is 0.316. The highest BCUT2D eigenvalue weighted by Gasteiger charge is 2.43. The summed E-state index contributed by atoms with van der Waals surface area (Å²) in [6, 6.07) is 12.1. The molecule has 2 nitrogen and oxygen atoms in total. The monoisotopic (exact) mass is 278 g/mol. The Hall–Kier alpha value is -2.09. The second-order valence-electron chi connectivity index (χ2n) is 6.02. The second-order valence-corrected chi connectivity index (χ2v) is 6.02. The van der Waals surface area contributed by atoms with Gasteiger partial charge in [-0.05, 0) is 18.2 Å². The number of carbonyl (C=O) groups excluding carboxylic acids is 1. The molecule has 2 heteroatoms. The summed E-state index contributed by atoms with van der Waals surface area (Å²) >= 11 is 0. The normalized spacial score (nSPS) is 18.9. The number of hydrogen-bond donors (Lipinski definition) is 0. The van der Waals surface area contributed by atoms with Crippen molar-refractivity contribution in [3.8, 4) is 0 Å². The quantitative estimate of drug-likeness (QED) is 0.794. The van der Waals surface area contributed by atoms with Crippen molar-refractivity contribution in [3.05, 3.63) is 53.1 Å². The summed E-state index contributed by atoms with van der Waals surface area (Å²) in [6.45, 7) is 4.28. The predicted octanol–water partition coefficient (Wildman–Crippen LogP) is 4.73. The van der Waals surface area contributed by atoms with Gasteiger partial charge in [0.25, 0.3) is 0 Å². The van der Waals surface area contributed by atoms with Gasteiger partial charge in [0.2, 0.25) is 0 Å². The maximum Gasteiger partial charge on any atom is 0.193 e. The Morgan fingerprint density at radius 2 is 1.71 bits per heavy atom. The van der Waals surface area contributed by atoms with Crippen LogP contribution in [0, 0.1) is 0 Å². The van der Waals surface area contributed by atoms with Crippen LogP contribution in [0.15, 0.2) is 42.0 Å². The van der Waals surface area contributed by atoms with Crippen molar-refractivity contribution < 1.29 is 9.53 Å². The molecule has 2 aromatic carbocycles. The molecule has 0 saturated carbocycles. The minimum Gasteiger partial charge on any atom is -0.486 e. The Morgan fingerprint density at radius 1 is 1.05 bits per heavy atom. The van der Waals surface area contributed by atoms with Crippen LogP contribution in [0.1, 0.15) is 49.0 Å². The SMILES string of the molecule is CCC1(CC)CC2=C(O1)c1cccc3cccc(c13)C2=O. The Kier molecular flexibility index (Phi) is 2.53. The van der Waals surface area contributed by atoms with E-state index >= 15 is 0 Å². The van der Waals surface area contributed by atoms with E-state index in [0.29, 0.717) is 0 Å². The number of fused-ring (bicyclic) bond motifs is 1. The zero-order valence-corrected chi connectivity index (χ0v) is 12.4. The van der Waals surface area contributed by atoms with Gasteiger partial charge in [0.1, 0.15) is 11.4 Å². The molecule has 0 N–H and O–H groups in total. The van der Waals surface area contributed by atoms with Crippen molar-refractivity contribution in [2.75, 3.05) is 0 Å². The van der Waals surface area contributed by atoms with Crippen molar-refractivity contribution >= 4 is 22.3 Å². The molecule has 106 valence electrons. The molecule has 0 amide bonds. The lowest BCUT2D eigenvalue weighted by molar-refractivity contribution is 0.0514. The number of rotatable bonds is 2. The van der Waals surface area contributed by atoms with Crippen LogP contribution < -0.4 is 0 Å². The van der Waals surface area contributed by atoms with Crippen molar-refractivity contribution in [3.63, 3.8) is 0 Å². The van der Waals surface area contributed by atoms with E-state index in [1.54, 1.807) is 0 Å². The minimum atomic E-state index is -0.204. The van der Waals surface area contributed by atoms with Gasteiger partial charge < -0.3 is 4.74 Å². The molecule has 21 heavy (non-hydrogen) atoms. The summed E-state index contributed by atoms with van der Waals surface area (Å²) in [5.74, 6) is 0.978. The standard InChI is InChI=1S/C19H18O2/c1-3-19(4-2)11-15-17(20)13-9-5-7-12-8-6-10-14(16(12)13)18(15)21-19/h5-10H,3-4,11H2,1-2H3. The van der Waals surface area contributed by atoms with Crippen LogP contribution in [0.25, 0.3) is 16.5 Å². The van der Waals surface area contributed by atoms with E-state index in [9.17, 15) is 4.79 Å². The van der Waals surface area contributed by atoms with Crippen LogP contribution in [-0.4, -0.2) is 11.4 Å². The number of ketones is 1. The molecule has 1 heterocycles. The number of Topliss-reactive ketones (excluding diaryl/α,β-unsaturated/α-hetero) is 1. The molecular formula is C19H18O2. The van der Waals surface area contributed by atoms with E-state index in [2.05, 4.69) is 32.0 Å². The van der Waals surface area contributed by atoms with Crippen molar-refractivity contribution in [1.29, 1.82) is 0 Å². The van der Waals surface area contributed by atoms with Crippen LogP contribution in [-0.2, 0) is 4.74 Å². The Morgan fingerprint density at radius 3 is 2.38 bits per heavy atom. The lowest BCUT2D eigenvalue weighted by Gasteiger charge is -2.27. The topological polar surface area (TPSA) is 26.3 Å². The molecule has 0 spiro atoms. The molecule has 0 bridgehead atoms. The first-order valence-electron chi connectivity index (χ1n) is 7.68. The molecule has 0 radical (unpaired) electrons. The van der Waals surface area contributed by atoms with Gasteiger partial charge in [-0.15, -0.1) is 0 Å². The third-order valence-electron chi connectivity index (χ3n) is 5.05. The van der Waals surface area contributed by atoms with E-state index in [1.807, 2.05) is 18.2 Å². The summed E-state index contributed by atoms with van der Waals surface area (Å²) in [5.41, 5.74) is 2.57. The van der Waals surface area contributed by atoms with E-state index in [4.69, 9.17) is 4.74 Å². The molecule has 2 aromatic rings. The number of carbonyl (C=O) groups is 1. The zero-order chi connectivity index (χ0) is 14.6. The zero-order valence-electron chi connectivity index (χ0n) is 12.4. The van der Waals surface area contributed by atoms with Gasteiger partial charge in [-0.2, -0.15) is 0 Å². The van der Waals surface area contributed by atoms with Gasteiger partial charge in [0.05, 0.1) is 0 Å². The van der Waals surface area contributed by atoms with Gasteiger partial charge in [0, 0.05) is 28.5 Å². The molecule has 1 aliphatic carbocycles. The average Bonchev–Trinajstić information content (AvgIpc) is 2.93. The molecule has 4 rings (SSSR count). The highest BCUT2D eigenvalue weighted by atomic mass is 16.5.